The van der Waals surface area contributed by atoms with Crippen LogP contribution in [0.3, 0.4) is 0 Å². The number of amides is 4. The third-order valence-corrected chi connectivity index (χ3v) is 17.5. The molecule has 4 aromatic rings. The first-order valence-corrected chi connectivity index (χ1v) is 27.7. The summed E-state index contributed by atoms with van der Waals surface area (Å²) in [7, 11) is 0. The molecule has 3 aliphatic heterocycles. The molecule has 4 N–H and O–H groups in total. The van der Waals surface area contributed by atoms with Gasteiger partial charge in [-0.15, -0.1) is 11.3 Å². The molecule has 75 heavy (non-hydrogen) atoms. The topological polar surface area (TPSA) is 196 Å². The van der Waals surface area contributed by atoms with Crippen LogP contribution in [0.5, 0.6) is 5.75 Å². The van der Waals surface area contributed by atoms with E-state index in [1.165, 1.54) is 0 Å². The lowest BCUT2D eigenvalue weighted by Crippen LogP contribution is -2.74. The van der Waals surface area contributed by atoms with Crippen LogP contribution in [-0.2, 0) is 14.4 Å². The molecule has 5 heterocycles. The number of benzene rings is 2. The first-order chi connectivity index (χ1) is 35.6. The Morgan fingerprint density at radius 3 is 2.25 bits per heavy atom. The average molecular weight is 1060 g/mol. The van der Waals surface area contributed by atoms with Crippen molar-refractivity contribution in [2.75, 3.05) is 70.4 Å². The molecular formula is C57H75ClN10O6S. The number of anilines is 1. The molecule has 2 aromatic heterocycles. The minimum Gasteiger partial charge on any atom is -0.489 e. The predicted molar refractivity (Wildman–Crippen MR) is 292 cm³/mol. The molecule has 0 spiro atoms. The molecule has 3 saturated heterocycles. The number of aryl methyl sites for hydroxylation is 1. The van der Waals surface area contributed by atoms with Crippen LogP contribution in [0.4, 0.5) is 5.82 Å². The lowest BCUT2D eigenvalue weighted by atomic mass is 9.49. The van der Waals surface area contributed by atoms with E-state index in [1.54, 1.807) is 40.6 Å². The Bertz CT molecular complexity index is 2710. The van der Waals surface area contributed by atoms with Gasteiger partial charge in [-0.05, 0) is 86.4 Å². The number of nitrogens with one attached hydrogen (secondary N) is 3. The van der Waals surface area contributed by atoms with E-state index in [0.717, 1.165) is 86.2 Å². The Morgan fingerprint density at radius 2 is 1.64 bits per heavy atom. The molecule has 16 nitrogen and oxygen atoms in total. The normalized spacial score (nSPS) is 23.4. The number of ether oxygens (including phenoxy) is 1. The minimum atomic E-state index is -0.866. The number of nitrogens with zero attached hydrogens (tertiary/aromatic N) is 7. The fourth-order valence-corrected chi connectivity index (χ4v) is 13.0. The molecule has 5 atom stereocenters. The van der Waals surface area contributed by atoms with Crippen LogP contribution >= 0.6 is 22.9 Å². The maximum Gasteiger partial charge on any atom is 0.253 e. The van der Waals surface area contributed by atoms with E-state index >= 15 is 0 Å². The molecule has 4 aliphatic rings. The fraction of sp³-hybridized carbons (Fsp3) is 0.561. The Kier molecular flexibility index (Phi) is 17.0. The van der Waals surface area contributed by atoms with E-state index < -0.39 is 17.5 Å². The SMILES string of the molecule is Cc1ncsc1-c1ccc([C@H](C)NC(=O)[C@@H]2C[C@@H](CO)CN2C(=O)[C@@H](NC(=O)CN2CCN(CCC3CCN(c4ccc(C(=O)NC5C(C)(C)C(Oc6ccc(C#N)c(Cl)c6)C5(C)C)cn4)C3)CC2)C(C)(C)C)cc1. The van der Waals surface area contributed by atoms with Crippen molar-refractivity contribution in [3.05, 3.63) is 93.7 Å². The number of piperazine rings is 1. The van der Waals surface area contributed by atoms with Gasteiger partial charge in [0, 0.05) is 87.5 Å². The second kappa shape index (κ2) is 22.9. The molecule has 8 rings (SSSR count). The van der Waals surface area contributed by atoms with Gasteiger partial charge in [0.05, 0.1) is 44.8 Å². The highest BCUT2D eigenvalue weighted by atomic mass is 35.5. The number of aliphatic hydroxyl groups is 1. The molecule has 0 radical (unpaired) electrons. The summed E-state index contributed by atoms with van der Waals surface area (Å²) in [6.07, 6.45) is 3.91. The highest BCUT2D eigenvalue weighted by Crippen LogP contribution is 2.55. The van der Waals surface area contributed by atoms with E-state index in [-0.39, 0.29) is 78.3 Å². The summed E-state index contributed by atoms with van der Waals surface area (Å²) >= 11 is 7.86. The number of hydrogen-bond donors (Lipinski definition) is 4. The molecule has 1 saturated carbocycles. The van der Waals surface area contributed by atoms with E-state index in [9.17, 15) is 29.5 Å². The molecule has 18 heteroatoms. The number of carbonyl (C=O) groups excluding carboxylic acids is 4. The van der Waals surface area contributed by atoms with Gasteiger partial charge in [-0.3, -0.25) is 24.1 Å². The Balaban J connectivity index is 0.762. The first kappa shape index (κ1) is 55.6. The molecular weight excluding hydrogens is 988 g/mol. The van der Waals surface area contributed by atoms with Gasteiger partial charge in [0.1, 0.15) is 35.8 Å². The third-order valence-electron chi connectivity index (χ3n) is 16.2. The maximum absolute atomic E-state index is 14.4. The zero-order chi connectivity index (χ0) is 54.0. The molecule has 2 aromatic carbocycles. The van der Waals surface area contributed by atoms with Crippen LogP contribution in [0, 0.1) is 46.3 Å². The van der Waals surface area contributed by atoms with Gasteiger partial charge in [0.2, 0.25) is 17.7 Å². The summed E-state index contributed by atoms with van der Waals surface area (Å²) in [5.41, 5.74) is 4.30. The number of aliphatic hydroxyl groups excluding tert-OH is 1. The number of halogens is 1. The summed E-state index contributed by atoms with van der Waals surface area (Å²) in [6, 6.07) is 16.9. The van der Waals surface area contributed by atoms with Crippen molar-refractivity contribution in [3.63, 3.8) is 0 Å². The highest BCUT2D eigenvalue weighted by Gasteiger charge is 2.64. The van der Waals surface area contributed by atoms with Crippen molar-refractivity contribution in [2.24, 2.45) is 28.1 Å². The molecule has 4 amide bonds. The summed E-state index contributed by atoms with van der Waals surface area (Å²) in [4.78, 5) is 74.3. The molecule has 1 aliphatic carbocycles. The smallest absolute Gasteiger partial charge is 0.253 e. The van der Waals surface area contributed by atoms with Crippen molar-refractivity contribution in [2.45, 2.75) is 112 Å². The van der Waals surface area contributed by atoms with Crippen LogP contribution < -0.4 is 25.6 Å². The number of likely N-dealkylation sites (tertiary alicyclic amines) is 1. The summed E-state index contributed by atoms with van der Waals surface area (Å²) in [5, 5.41) is 29.2. The summed E-state index contributed by atoms with van der Waals surface area (Å²) in [5.74, 6) is 0.705. The van der Waals surface area contributed by atoms with E-state index in [2.05, 4.69) is 69.4 Å². The predicted octanol–water partition coefficient (Wildman–Crippen LogP) is 7.10. The lowest BCUT2D eigenvalue weighted by molar-refractivity contribution is -0.164. The number of rotatable bonds is 17. The monoisotopic (exact) mass is 1060 g/mol. The van der Waals surface area contributed by atoms with Gasteiger partial charge in [-0.2, -0.15) is 5.26 Å². The largest absolute Gasteiger partial charge is 0.489 e. The second-order valence-corrected chi connectivity index (χ2v) is 24.8. The van der Waals surface area contributed by atoms with Crippen molar-refractivity contribution in [3.8, 4) is 22.3 Å². The van der Waals surface area contributed by atoms with Crippen LogP contribution in [-0.4, -0.2) is 143 Å². The molecule has 1 unspecified atom stereocenters. The number of nitriles is 1. The zero-order valence-corrected chi connectivity index (χ0v) is 46.6. The number of thiazole rings is 1. The van der Waals surface area contributed by atoms with Crippen molar-refractivity contribution < 1.29 is 29.0 Å². The van der Waals surface area contributed by atoms with Gasteiger partial charge in [-0.25, -0.2) is 9.97 Å². The van der Waals surface area contributed by atoms with Crippen LogP contribution in [0.1, 0.15) is 108 Å². The minimum absolute atomic E-state index is 0.145. The number of carbonyl (C=O) groups is 4. The Morgan fingerprint density at radius 1 is 0.933 bits per heavy atom. The standard InChI is InChI=1S/C57H75ClN10O6S/c1-35(39-10-12-40(13-11-39)48-36(2)61-34-75-48)62-51(72)45-26-38(33-69)31-68(45)52(73)49(55(3,4)5)63-47(70)32-66-24-22-65(23-25-66)20-18-37-19-21-67(30-37)46-17-15-42(29-60-46)50(71)64-53-56(6,7)54(57(53,8)9)74-43-16-14-41(28-59)44(58)27-43/h10-17,27,29,34-35,37-38,45,49,53-54,69H,18-26,30-33H2,1-9H3,(H,62,72)(H,63,70)(H,64,71)/t35-,37?,38+,45-,49+,53?,54?/m0/s1. The lowest BCUT2D eigenvalue weighted by Gasteiger charge is -2.63. The van der Waals surface area contributed by atoms with Crippen molar-refractivity contribution in [1.82, 2.24) is 40.6 Å². The number of pyridine rings is 1. The van der Waals surface area contributed by atoms with Crippen LogP contribution in [0.25, 0.3) is 10.4 Å². The second-order valence-electron chi connectivity index (χ2n) is 23.5. The van der Waals surface area contributed by atoms with Crippen molar-refractivity contribution in [1.29, 1.82) is 5.26 Å². The quantitative estimate of drug-likeness (QED) is 0.0839. The Labute approximate surface area is 451 Å². The number of aromatic nitrogens is 2. The van der Waals surface area contributed by atoms with Crippen molar-refractivity contribution >= 4 is 52.4 Å². The van der Waals surface area contributed by atoms with Crippen LogP contribution in [0.15, 0.2) is 66.3 Å². The summed E-state index contributed by atoms with van der Waals surface area (Å²) < 4.78 is 6.40. The van der Waals surface area contributed by atoms with Gasteiger partial charge < -0.3 is 40.5 Å². The van der Waals surface area contributed by atoms with E-state index in [4.69, 9.17) is 21.3 Å². The molecule has 4 fully saturated rings. The van der Waals surface area contributed by atoms with E-state index in [0.29, 0.717) is 34.2 Å². The van der Waals surface area contributed by atoms with Gasteiger partial charge >= 0.3 is 0 Å². The zero-order valence-electron chi connectivity index (χ0n) is 45.0. The summed E-state index contributed by atoms with van der Waals surface area (Å²) in [6.45, 7) is 24.2. The van der Waals surface area contributed by atoms with Crippen LogP contribution in [0.2, 0.25) is 5.02 Å². The van der Waals surface area contributed by atoms with Gasteiger partial charge in [0.25, 0.3) is 5.91 Å². The number of hydrogen-bond acceptors (Lipinski definition) is 13. The highest BCUT2D eigenvalue weighted by molar-refractivity contribution is 7.13. The van der Waals surface area contributed by atoms with Gasteiger partial charge in [0.15, 0.2) is 0 Å². The molecule has 402 valence electrons. The Hall–Kier alpha value is -5.64. The third kappa shape index (κ3) is 12.5. The van der Waals surface area contributed by atoms with E-state index in [1.807, 2.05) is 76.5 Å². The fourth-order valence-electron chi connectivity index (χ4n) is 12.0. The first-order valence-electron chi connectivity index (χ1n) is 26.4. The molecule has 0 bridgehead atoms. The van der Waals surface area contributed by atoms with Gasteiger partial charge in [-0.1, -0.05) is 84.3 Å². The average Bonchev–Trinajstić information content (AvgIpc) is 4.19. The maximum atomic E-state index is 14.4.